The molecule has 50 heteroatoms. The zero-order valence-corrected chi connectivity index (χ0v) is 84.5. The monoisotopic (exact) mass is 2040 g/mol. The van der Waals surface area contributed by atoms with Crippen LogP contribution in [0.3, 0.4) is 0 Å². The van der Waals surface area contributed by atoms with E-state index in [-0.39, 0.29) is 286 Å². The molecule has 1 unspecified atom stereocenters. The minimum atomic E-state index is -1.14. The van der Waals surface area contributed by atoms with Crippen LogP contribution in [0.1, 0.15) is 152 Å². The molecule has 8 amide bonds. The van der Waals surface area contributed by atoms with Crippen LogP contribution in [0, 0.1) is 65.1 Å². The third-order valence-corrected chi connectivity index (χ3v) is 36.5. The van der Waals surface area contributed by atoms with Gasteiger partial charge in [0.2, 0.25) is 47.3 Å². The first-order valence-corrected chi connectivity index (χ1v) is 52.0. The fourth-order valence-electron chi connectivity index (χ4n) is 23.5. The van der Waals surface area contributed by atoms with Gasteiger partial charge in [-0.25, -0.2) is 33.5 Å². The van der Waals surface area contributed by atoms with E-state index in [9.17, 15) is 97.5 Å². The first-order valence-electron chi connectivity index (χ1n) is 48.5. The van der Waals surface area contributed by atoms with Gasteiger partial charge in [0.1, 0.15) is 53.7 Å². The highest BCUT2D eigenvalue weighted by Gasteiger charge is 2.66. The van der Waals surface area contributed by atoms with Crippen LogP contribution >= 0.6 is 47.0 Å². The number of nitrogens with zero attached hydrogens (tertiary/aromatic N) is 16. The van der Waals surface area contributed by atoms with Crippen LogP contribution in [-0.4, -0.2) is 373 Å². The molecule has 0 bridgehead atoms. The number of hydrogen-bond donors (Lipinski definition) is 15. The number of Topliss-reactive ketones (excluding diaryl/α,β-unsaturated/α-hetero) is 3. The van der Waals surface area contributed by atoms with E-state index >= 15 is 0 Å². The lowest BCUT2D eigenvalue weighted by atomic mass is 9.73. The summed E-state index contributed by atoms with van der Waals surface area (Å²) in [5, 5.41) is 81.0. The number of aliphatic hydroxyl groups is 1. The number of carbonyl (C=O) groups is 15. The van der Waals surface area contributed by atoms with Crippen LogP contribution in [0.25, 0.3) is 0 Å². The number of hydrogen-bond acceptors (Lipinski definition) is 34. The van der Waals surface area contributed by atoms with Gasteiger partial charge >= 0.3 is 23.9 Å². The van der Waals surface area contributed by atoms with Crippen molar-refractivity contribution in [2.24, 2.45) is 104 Å². The molecule has 0 saturated carbocycles. The maximum absolute atomic E-state index is 13.2. The molecule has 21 N–H and O–H groups in total. The number of nitrogens with one attached hydrogen (secondary N) is 4. The number of nitrogens with two attached hydrogens (primary N) is 6. The summed E-state index contributed by atoms with van der Waals surface area (Å²) >= 11 is 5.84. The Kier molecular flexibility index (Phi) is 33.6. The average Bonchev–Trinajstić information content (AvgIpc) is 1.57. The van der Waals surface area contributed by atoms with Gasteiger partial charge in [0, 0.05) is 180 Å². The summed E-state index contributed by atoms with van der Waals surface area (Å²) in [6.45, 7) is 23.6. The molecular formula is C91H134N26O20S4. The number of ketones is 3. The van der Waals surface area contributed by atoms with Crippen molar-refractivity contribution >= 4 is 141 Å². The van der Waals surface area contributed by atoms with Crippen LogP contribution in [-0.2, 0) is 85.1 Å². The van der Waals surface area contributed by atoms with Crippen molar-refractivity contribution in [3.63, 3.8) is 0 Å². The number of aliphatic imine (C=N–C) groups is 1. The largest absolute Gasteiger partial charge is 0.477 e. The van der Waals surface area contributed by atoms with Crippen molar-refractivity contribution in [1.29, 1.82) is 0 Å². The Morgan fingerprint density at radius 2 is 0.887 bits per heavy atom. The number of carbonyl (C=O) groups excluding carboxylic acids is 11. The molecule has 15 aliphatic heterocycles. The number of guanidine groups is 1. The third kappa shape index (κ3) is 21.8. The number of carboxylic acids is 4. The van der Waals surface area contributed by atoms with Crippen LogP contribution in [0.4, 0.5) is 0 Å². The zero-order chi connectivity index (χ0) is 103. The molecule has 2 aromatic rings. The second-order valence-corrected chi connectivity index (χ2v) is 46.0. The number of tetrazole rings is 1. The quantitative estimate of drug-likeness (QED) is 0.0206. The molecule has 2 aromatic heterocycles. The maximum atomic E-state index is 13.2. The Bertz CT molecular complexity index is 5370. The number of amides is 8. The number of β-lactam (4-membered cyclic amide) rings is 4. The fourth-order valence-corrected chi connectivity index (χ4v) is 29.4. The minimum absolute atomic E-state index is 0.00275. The van der Waals surface area contributed by atoms with E-state index in [0.29, 0.717) is 103 Å². The lowest BCUT2D eigenvalue weighted by molar-refractivity contribution is -0.160. The molecule has 17 heterocycles. The summed E-state index contributed by atoms with van der Waals surface area (Å²) in [7, 11) is 3.43. The molecule has 11 fully saturated rings. The number of aromatic nitrogens is 7. The van der Waals surface area contributed by atoms with Gasteiger partial charge in [0.25, 0.3) is 0 Å². The average molecular weight is 2040 g/mol. The first kappa shape index (κ1) is 107. The lowest BCUT2D eigenvalue weighted by Gasteiger charge is -2.47. The molecular weight excluding hydrogens is 1910 g/mol. The number of aliphatic carboxylic acids is 4. The molecule has 29 atom stereocenters. The Morgan fingerprint density at radius 3 is 1.26 bits per heavy atom. The number of fused-ring (bicyclic) bond motifs is 4. The van der Waals surface area contributed by atoms with Gasteiger partial charge in [-0.15, -0.1) is 57.2 Å². The normalized spacial score (nSPS) is 33.0. The SMILES string of the molecule is C[C@@H](CC(=O)CN)[C@H]1C(=O)N2C(C(=O)O)=C(S[C@@H]3CN[C@H](C(=O)N4CCC(N)C[C@@H]4C)C3)[C@H](C)[C@H]12.C[C@@H](CC(=O)CN=C(N)N)[C@H]1C(=O)N2C(C(=O)O)=C(S[C@@H]3CN[C@H](C(=O)N4CC[C@H](N)C4)C3)[C@H](C)[C@H]12.C[C@@H]1C[C@H](N)CN1C(=O)[C@@H]1C[C@H](SC2=C(C(=O)O)N3C(=O)[C@H]([C@@H](C)CC(=O)Cn4cnnn4)[C@H]3[C@H]2C)CN1.C[C@H]([C@H]1C(=O)N2C(C(=O)O)=C(S[C@@H]3CN[C@H](C(=O)N(C)C)C3)[C@H](C)[C@H]12)n1cc(CO)nn1. The van der Waals surface area contributed by atoms with E-state index < -0.39 is 47.5 Å². The minimum Gasteiger partial charge on any atom is -0.477 e. The number of aliphatic hydroxyl groups excluding tert-OH is 1. The van der Waals surface area contributed by atoms with Gasteiger partial charge in [-0.05, 0) is 100 Å². The molecule has 0 radical (unpaired) electrons. The number of likely N-dealkylation sites (N-methyl/N-ethyl adjacent to an activating group) is 1. The maximum Gasteiger partial charge on any atom is 0.353 e. The number of likely N-dealkylation sites (tertiary alicyclic amines) is 3. The molecule has 141 heavy (non-hydrogen) atoms. The van der Waals surface area contributed by atoms with Gasteiger partial charge in [-0.1, -0.05) is 53.7 Å². The Balaban J connectivity index is 0.000000150. The highest BCUT2D eigenvalue weighted by atomic mass is 32.2. The summed E-state index contributed by atoms with van der Waals surface area (Å²) in [5.41, 5.74) is 34.6. The number of carboxylic acid groups (broad SMARTS) is 4. The highest BCUT2D eigenvalue weighted by Crippen LogP contribution is 2.58. The predicted molar refractivity (Wildman–Crippen MR) is 518 cm³/mol. The predicted octanol–water partition coefficient (Wildman–Crippen LogP) is -2.12. The zero-order valence-electron chi connectivity index (χ0n) is 81.3. The van der Waals surface area contributed by atoms with Gasteiger partial charge in [0.05, 0.1) is 97.4 Å². The van der Waals surface area contributed by atoms with Crippen molar-refractivity contribution in [2.45, 2.75) is 259 Å². The van der Waals surface area contributed by atoms with Crippen LogP contribution in [0.5, 0.6) is 0 Å². The summed E-state index contributed by atoms with van der Waals surface area (Å²) < 4.78 is 2.90. The summed E-state index contributed by atoms with van der Waals surface area (Å²) in [6, 6.07) is -2.35. The molecule has 46 nitrogen and oxygen atoms in total. The van der Waals surface area contributed by atoms with Gasteiger partial charge in [-0.3, -0.25) is 52.7 Å². The van der Waals surface area contributed by atoms with E-state index in [0.717, 1.165) is 25.7 Å². The molecule has 11 saturated heterocycles. The second-order valence-electron chi connectivity index (χ2n) is 40.6. The van der Waals surface area contributed by atoms with Crippen molar-refractivity contribution in [2.75, 3.05) is 79.5 Å². The van der Waals surface area contributed by atoms with Crippen molar-refractivity contribution in [1.82, 2.24) is 95.7 Å². The van der Waals surface area contributed by atoms with E-state index in [1.54, 1.807) is 34.8 Å². The van der Waals surface area contributed by atoms with Crippen molar-refractivity contribution < 1.29 is 97.5 Å². The molecule has 15 aliphatic rings. The number of piperidine rings is 1. The molecule has 0 aliphatic carbocycles. The van der Waals surface area contributed by atoms with Gasteiger partial charge in [-0.2, -0.15) is 0 Å². The fraction of sp³-hybridized carbons (Fsp3) is 0.703. The number of rotatable bonds is 33. The topological polar surface area (TPSA) is 674 Å². The van der Waals surface area contributed by atoms with Crippen LogP contribution in [0.2, 0.25) is 0 Å². The van der Waals surface area contributed by atoms with Crippen LogP contribution in [0.15, 0.2) is 59.9 Å². The number of thioether (sulfide) groups is 4. The van der Waals surface area contributed by atoms with Gasteiger partial charge in [0.15, 0.2) is 17.5 Å². The van der Waals surface area contributed by atoms with Gasteiger partial charge < -0.3 is 120 Å². The van der Waals surface area contributed by atoms with Crippen LogP contribution < -0.4 is 55.7 Å². The molecule has 17 rings (SSSR count). The van der Waals surface area contributed by atoms with E-state index in [1.807, 2.05) is 79.0 Å². The van der Waals surface area contributed by atoms with Crippen molar-refractivity contribution in [3.05, 3.63) is 60.6 Å². The summed E-state index contributed by atoms with van der Waals surface area (Å²) in [5.74, 6) is -9.00. The molecule has 0 aromatic carbocycles. The molecule has 772 valence electrons. The summed E-state index contributed by atoms with van der Waals surface area (Å²) in [6.07, 6.45) is 9.03. The first-order chi connectivity index (χ1) is 66.7. The van der Waals surface area contributed by atoms with E-state index in [4.69, 9.17) is 34.4 Å². The van der Waals surface area contributed by atoms with E-state index in [1.165, 1.54) is 77.7 Å². The Hall–Kier alpha value is -9.87. The highest BCUT2D eigenvalue weighted by molar-refractivity contribution is 8.04. The van der Waals surface area contributed by atoms with E-state index in [2.05, 4.69) is 52.1 Å². The smallest absolute Gasteiger partial charge is 0.353 e. The second kappa shape index (κ2) is 44.4. The lowest BCUT2D eigenvalue weighted by Crippen LogP contribution is -2.62. The Labute approximate surface area is 833 Å². The third-order valence-electron chi connectivity index (χ3n) is 30.5. The summed E-state index contributed by atoms with van der Waals surface area (Å²) in [4.78, 5) is 208. The Morgan fingerprint density at radius 1 is 0.496 bits per heavy atom. The standard InChI is InChI=1S/C24H34N8O5S.C24H37N5O5S.C23H35N7O5S.C20H28N6O5S/c1-11(4-15(33)9-30-10-27-28-29-30)18-19-13(3)21(20(24(36)37)32(19)23(18)35)38-16-6-17(26-7-16)22(34)31-8-14(25)5-12(31)2;1-11(6-15(30)9-25)18-19-13(3)21(20(24(33)34)29(19)23(18)32)35-16-8-17(27-10-16)22(31)28-5-4-14(26)7-12(28)2;1-10(5-13(31)7-28-23(25)26)16-17-11(2)19(18(22(34)35)30(17)21(16)33)36-14-6-15(27-8-14)20(32)29-4-3-12(24)9-29;1-9-15-14(10(2)25-7-11(8-27)22-23-25)19(29)26(15)16(20(30)31)17(9)32-12-5-13(21-6-12)18(28)24(3)4/h10-14,16-19,26H,4-9,25H2,1-3H3,(H,36,37);11-14,16-19,27H,4-10,25-26H2,1-3H3,(H,33,34);10-12,14-17,27H,3-9,24H2,1-2H3,(H,34,35)(H4,25,26,28);7,9-10,12-15,21,27H,5-6,8H2,1-4H3,(H,30,31)/t11-,12+,13+,14-,16-,17-,18+,19+;11-,12-,13+,14?,16-,17-,18+,19+;10-,11+,12-,14-,15-,16+,17+;9-,10-,12+,13+,14-,15-/m0001/s1. The molecule has 0 spiro atoms. The van der Waals surface area contributed by atoms with Crippen molar-refractivity contribution in [3.8, 4) is 0 Å².